The molecular formula is C26H31NO5. The van der Waals surface area contributed by atoms with Crippen molar-refractivity contribution in [2.45, 2.75) is 50.4 Å². The molecule has 1 aliphatic carbocycles. The zero-order valence-electron chi connectivity index (χ0n) is 18.4. The van der Waals surface area contributed by atoms with Crippen molar-refractivity contribution in [1.29, 1.82) is 0 Å². The molecule has 2 aromatic carbocycles. The number of nitrogens with zero attached hydrogens (tertiary/aromatic N) is 1. The van der Waals surface area contributed by atoms with Gasteiger partial charge in [-0.05, 0) is 55.8 Å². The molecule has 6 heteroatoms. The summed E-state index contributed by atoms with van der Waals surface area (Å²) in [6.07, 6.45) is 6.41. The van der Waals surface area contributed by atoms with Crippen LogP contribution in [0.3, 0.4) is 0 Å². The van der Waals surface area contributed by atoms with E-state index in [2.05, 4.69) is 17.0 Å². The Morgan fingerprint density at radius 1 is 1.12 bits per heavy atom. The second kappa shape index (κ2) is 8.66. The second-order valence-corrected chi connectivity index (χ2v) is 9.47. The van der Waals surface area contributed by atoms with Crippen LogP contribution in [-0.2, 0) is 23.1 Å². The maximum absolute atomic E-state index is 11.3. The van der Waals surface area contributed by atoms with Gasteiger partial charge in [-0.3, -0.25) is 4.79 Å². The van der Waals surface area contributed by atoms with Crippen molar-refractivity contribution in [3.63, 3.8) is 0 Å². The van der Waals surface area contributed by atoms with Gasteiger partial charge in [0.05, 0.1) is 6.42 Å². The molecule has 2 heterocycles. The fraction of sp³-hybridized carbons (Fsp3) is 0.500. The Labute approximate surface area is 188 Å². The predicted molar refractivity (Wildman–Crippen MR) is 120 cm³/mol. The number of carboxylic acids is 1. The number of aliphatic carboxylic acids is 1. The topological polar surface area (TPSA) is 79.2 Å². The van der Waals surface area contributed by atoms with Crippen molar-refractivity contribution in [1.82, 2.24) is 4.90 Å². The number of para-hydroxylation sites is 1. The van der Waals surface area contributed by atoms with Gasteiger partial charge in [0.15, 0.2) is 11.5 Å². The molecule has 170 valence electrons. The molecule has 2 aliphatic heterocycles. The molecule has 1 atom stereocenters. The first-order valence-corrected chi connectivity index (χ1v) is 11.7. The van der Waals surface area contributed by atoms with E-state index >= 15 is 0 Å². The highest BCUT2D eigenvalue weighted by atomic mass is 16.7. The zero-order chi connectivity index (χ0) is 22.1. The lowest BCUT2D eigenvalue weighted by Crippen LogP contribution is -2.35. The van der Waals surface area contributed by atoms with Gasteiger partial charge in [0.2, 0.25) is 6.79 Å². The first-order valence-electron chi connectivity index (χ1n) is 11.7. The highest BCUT2D eigenvalue weighted by Crippen LogP contribution is 2.52. The summed E-state index contributed by atoms with van der Waals surface area (Å²) in [5.41, 5.74) is 2.70. The van der Waals surface area contributed by atoms with Crippen LogP contribution < -0.4 is 9.47 Å². The minimum absolute atomic E-state index is 0.0495. The number of phenolic OH excluding ortho intramolecular Hbond substituents is 1. The van der Waals surface area contributed by atoms with Crippen molar-refractivity contribution in [2.24, 2.45) is 5.92 Å². The van der Waals surface area contributed by atoms with Gasteiger partial charge < -0.3 is 24.6 Å². The number of aromatic hydroxyl groups is 1. The number of benzene rings is 2. The highest BCUT2D eigenvalue weighted by Gasteiger charge is 2.46. The molecule has 0 aromatic heterocycles. The summed E-state index contributed by atoms with van der Waals surface area (Å²) in [7, 11) is 0. The molecule has 5 rings (SSSR count). The van der Waals surface area contributed by atoms with Crippen LogP contribution in [0.25, 0.3) is 0 Å². The summed E-state index contributed by atoms with van der Waals surface area (Å²) in [5, 5.41) is 20.2. The van der Waals surface area contributed by atoms with Crippen molar-refractivity contribution in [3.05, 3.63) is 53.1 Å². The van der Waals surface area contributed by atoms with Crippen LogP contribution >= 0.6 is 0 Å². The number of rotatable bonds is 7. The molecule has 0 spiro atoms. The summed E-state index contributed by atoms with van der Waals surface area (Å²) in [5.74, 6) is 1.43. The fourth-order valence-electron chi connectivity index (χ4n) is 6.07. The van der Waals surface area contributed by atoms with Crippen LogP contribution in [0.15, 0.2) is 36.4 Å². The van der Waals surface area contributed by atoms with Gasteiger partial charge in [0.1, 0.15) is 5.75 Å². The number of phenols is 1. The van der Waals surface area contributed by atoms with E-state index < -0.39 is 5.97 Å². The summed E-state index contributed by atoms with van der Waals surface area (Å²) in [6.45, 7) is 3.38. The normalized spacial score (nSPS) is 21.8. The van der Waals surface area contributed by atoms with E-state index in [-0.39, 0.29) is 17.6 Å². The maximum atomic E-state index is 11.3. The van der Waals surface area contributed by atoms with Gasteiger partial charge in [0.25, 0.3) is 0 Å². The lowest BCUT2D eigenvalue weighted by Gasteiger charge is -2.37. The summed E-state index contributed by atoms with van der Waals surface area (Å²) in [4.78, 5) is 13.8. The Morgan fingerprint density at radius 2 is 1.94 bits per heavy atom. The molecule has 0 bridgehead atoms. The van der Waals surface area contributed by atoms with Crippen molar-refractivity contribution < 1.29 is 24.5 Å². The van der Waals surface area contributed by atoms with E-state index in [1.165, 1.54) is 5.56 Å². The molecule has 0 radical (unpaired) electrons. The molecular weight excluding hydrogens is 406 g/mol. The minimum Gasteiger partial charge on any atom is -0.507 e. The standard InChI is InChI=1S/C26H31NO5/c28-24(29)15-19-4-3-5-21(25(19)30)26(10-1-2-11-26)20-9-13-27(16-20)12-8-18-6-7-22-23(14-18)32-17-31-22/h3-7,14,20,30H,1-2,8-13,15-17H2,(H,28,29). The van der Waals surface area contributed by atoms with Gasteiger partial charge in [-0.2, -0.15) is 0 Å². The van der Waals surface area contributed by atoms with E-state index in [4.69, 9.17) is 9.47 Å². The maximum Gasteiger partial charge on any atom is 0.307 e. The Morgan fingerprint density at radius 3 is 2.75 bits per heavy atom. The number of hydrogen-bond acceptors (Lipinski definition) is 5. The smallest absolute Gasteiger partial charge is 0.307 e. The van der Waals surface area contributed by atoms with Crippen LogP contribution in [-0.4, -0.2) is 47.5 Å². The van der Waals surface area contributed by atoms with Crippen molar-refractivity contribution in [2.75, 3.05) is 26.4 Å². The van der Waals surface area contributed by atoms with E-state index in [1.807, 2.05) is 18.2 Å². The molecule has 3 aliphatic rings. The average Bonchev–Trinajstić information content (AvgIpc) is 3.53. The number of hydrogen-bond donors (Lipinski definition) is 2. The Bertz CT molecular complexity index is 998. The van der Waals surface area contributed by atoms with Gasteiger partial charge in [-0.25, -0.2) is 0 Å². The summed E-state index contributed by atoms with van der Waals surface area (Å²) in [6, 6.07) is 11.9. The third-order valence-electron chi connectivity index (χ3n) is 7.70. The van der Waals surface area contributed by atoms with Gasteiger partial charge >= 0.3 is 5.97 Å². The Balaban J connectivity index is 1.30. The van der Waals surface area contributed by atoms with E-state index in [0.717, 1.165) is 75.2 Å². The predicted octanol–water partition coefficient (Wildman–Crippen LogP) is 4.12. The fourth-order valence-corrected chi connectivity index (χ4v) is 6.07. The SMILES string of the molecule is O=C(O)Cc1cccc(C2(C3CCN(CCc4ccc5c(c4)OCO5)C3)CCCC2)c1O. The highest BCUT2D eigenvalue weighted by molar-refractivity contribution is 5.71. The van der Waals surface area contributed by atoms with Crippen molar-refractivity contribution in [3.8, 4) is 17.2 Å². The number of ether oxygens (including phenoxy) is 2. The minimum atomic E-state index is -0.909. The molecule has 32 heavy (non-hydrogen) atoms. The Hall–Kier alpha value is -2.73. The number of carboxylic acid groups (broad SMARTS) is 1. The van der Waals surface area contributed by atoms with Gasteiger partial charge in [-0.15, -0.1) is 0 Å². The van der Waals surface area contributed by atoms with Crippen molar-refractivity contribution >= 4 is 5.97 Å². The first-order chi connectivity index (χ1) is 15.5. The van der Waals surface area contributed by atoms with E-state index in [1.54, 1.807) is 6.07 Å². The summed E-state index contributed by atoms with van der Waals surface area (Å²) >= 11 is 0. The lowest BCUT2D eigenvalue weighted by atomic mass is 9.67. The zero-order valence-corrected chi connectivity index (χ0v) is 18.4. The average molecular weight is 438 g/mol. The van der Waals surface area contributed by atoms with Crippen LogP contribution in [0.4, 0.5) is 0 Å². The molecule has 2 fully saturated rings. The van der Waals surface area contributed by atoms with Crippen LogP contribution in [0.2, 0.25) is 0 Å². The molecule has 6 nitrogen and oxygen atoms in total. The number of carbonyl (C=O) groups is 1. The monoisotopic (exact) mass is 437 g/mol. The van der Waals surface area contributed by atoms with Gasteiger partial charge in [-0.1, -0.05) is 37.1 Å². The van der Waals surface area contributed by atoms with Crippen LogP contribution in [0.1, 0.15) is 48.8 Å². The molecule has 2 aromatic rings. The molecule has 1 saturated carbocycles. The molecule has 2 N–H and O–H groups in total. The van der Waals surface area contributed by atoms with Crippen LogP contribution in [0.5, 0.6) is 17.2 Å². The number of fused-ring (bicyclic) bond motifs is 1. The first kappa shape index (κ1) is 21.1. The third kappa shape index (κ3) is 3.92. The number of likely N-dealkylation sites (tertiary alicyclic amines) is 1. The summed E-state index contributed by atoms with van der Waals surface area (Å²) < 4.78 is 10.9. The molecule has 1 unspecified atom stereocenters. The molecule has 0 amide bonds. The largest absolute Gasteiger partial charge is 0.507 e. The third-order valence-corrected chi connectivity index (χ3v) is 7.70. The molecule has 1 saturated heterocycles. The van der Waals surface area contributed by atoms with Crippen LogP contribution in [0, 0.1) is 5.92 Å². The van der Waals surface area contributed by atoms with Gasteiger partial charge in [0, 0.05) is 29.6 Å². The van der Waals surface area contributed by atoms with E-state index in [0.29, 0.717) is 18.3 Å². The second-order valence-electron chi connectivity index (χ2n) is 9.47. The lowest BCUT2D eigenvalue weighted by molar-refractivity contribution is -0.136. The quantitative estimate of drug-likeness (QED) is 0.678. The Kier molecular flexibility index (Phi) is 5.72. The van der Waals surface area contributed by atoms with E-state index in [9.17, 15) is 15.0 Å².